The number of nitrogens with zero attached hydrogens (tertiary/aromatic N) is 2. The molecule has 1 atom stereocenters. The van der Waals surface area contributed by atoms with E-state index in [0.29, 0.717) is 40.8 Å². The maximum absolute atomic E-state index is 12.2. The maximum atomic E-state index is 12.2. The summed E-state index contributed by atoms with van der Waals surface area (Å²) in [6.07, 6.45) is 2.14. The van der Waals surface area contributed by atoms with Gasteiger partial charge in [0.05, 0.1) is 19.2 Å². The Bertz CT molecular complexity index is 833. The zero-order valence-corrected chi connectivity index (χ0v) is 14.8. The van der Waals surface area contributed by atoms with E-state index in [2.05, 4.69) is 4.98 Å². The van der Waals surface area contributed by atoms with E-state index >= 15 is 0 Å². The Balaban J connectivity index is 1.63. The highest BCUT2D eigenvalue weighted by molar-refractivity contribution is 7.17. The molecule has 2 N–H and O–H groups in total. The van der Waals surface area contributed by atoms with Gasteiger partial charge in [0.2, 0.25) is 5.91 Å². The second-order valence-corrected chi connectivity index (χ2v) is 6.75. The number of ether oxygens (including phenoxy) is 2. The predicted octanol–water partition coefficient (Wildman–Crippen LogP) is 1.46. The summed E-state index contributed by atoms with van der Waals surface area (Å²) < 4.78 is 10.0. The van der Waals surface area contributed by atoms with Crippen molar-refractivity contribution in [1.82, 2.24) is 4.98 Å². The molecule has 8 nitrogen and oxygen atoms in total. The first-order chi connectivity index (χ1) is 12.5. The molecule has 1 saturated heterocycles. The van der Waals surface area contributed by atoms with Crippen molar-refractivity contribution in [2.75, 3.05) is 25.1 Å². The first kappa shape index (κ1) is 17.9. The van der Waals surface area contributed by atoms with Gasteiger partial charge in [-0.05, 0) is 30.7 Å². The van der Waals surface area contributed by atoms with E-state index in [0.717, 1.165) is 0 Å². The number of aromatic nitrogens is 1. The molecule has 3 rings (SSSR count). The van der Waals surface area contributed by atoms with Crippen LogP contribution in [0.4, 0.5) is 5.13 Å². The standard InChI is InChI=1S/C17H17N3O5S/c1-24-15(22)11-6-7-20(9-11)17-19-8-13(26-17)16(23)25-12-4-2-10(3-5-12)14(18)21/h2-5,8,11H,6-7,9H2,1H3,(H2,18,21). The van der Waals surface area contributed by atoms with E-state index < -0.39 is 11.9 Å². The highest BCUT2D eigenvalue weighted by Gasteiger charge is 2.30. The Morgan fingerprint density at radius 3 is 2.65 bits per heavy atom. The Labute approximate surface area is 153 Å². The molecule has 1 fully saturated rings. The smallest absolute Gasteiger partial charge is 0.355 e. The van der Waals surface area contributed by atoms with Crippen LogP contribution < -0.4 is 15.4 Å². The summed E-state index contributed by atoms with van der Waals surface area (Å²) in [7, 11) is 1.37. The average molecular weight is 375 g/mol. The Morgan fingerprint density at radius 2 is 2.00 bits per heavy atom. The minimum absolute atomic E-state index is 0.178. The van der Waals surface area contributed by atoms with Gasteiger partial charge in [0, 0.05) is 18.7 Å². The number of benzene rings is 1. The molecule has 1 amide bonds. The number of hydrogen-bond donors (Lipinski definition) is 1. The second-order valence-electron chi connectivity index (χ2n) is 5.74. The molecular weight excluding hydrogens is 358 g/mol. The molecule has 0 bridgehead atoms. The Morgan fingerprint density at radius 1 is 1.27 bits per heavy atom. The number of anilines is 1. The molecule has 9 heteroatoms. The molecule has 1 aromatic carbocycles. The number of methoxy groups -OCH3 is 1. The van der Waals surface area contributed by atoms with Crippen LogP contribution in [0.3, 0.4) is 0 Å². The third-order valence-electron chi connectivity index (χ3n) is 4.04. The van der Waals surface area contributed by atoms with Crippen molar-refractivity contribution in [2.24, 2.45) is 11.7 Å². The fraction of sp³-hybridized carbons (Fsp3) is 0.294. The van der Waals surface area contributed by atoms with Crippen LogP contribution in [0.15, 0.2) is 30.5 Å². The Kier molecular flexibility index (Phi) is 5.17. The van der Waals surface area contributed by atoms with Gasteiger partial charge in [-0.1, -0.05) is 11.3 Å². The molecule has 0 saturated carbocycles. The van der Waals surface area contributed by atoms with Crippen molar-refractivity contribution in [1.29, 1.82) is 0 Å². The molecule has 1 aliphatic rings. The van der Waals surface area contributed by atoms with E-state index in [1.54, 1.807) is 0 Å². The molecule has 0 aliphatic carbocycles. The molecule has 1 aromatic heterocycles. The zero-order valence-electron chi connectivity index (χ0n) is 14.0. The molecule has 2 heterocycles. The molecule has 136 valence electrons. The summed E-state index contributed by atoms with van der Waals surface area (Å²) in [5.74, 6) is -1.19. The van der Waals surface area contributed by atoms with Crippen LogP contribution in [0.2, 0.25) is 0 Å². The quantitative estimate of drug-likeness (QED) is 0.622. The number of esters is 2. The topological polar surface area (TPSA) is 112 Å². The van der Waals surface area contributed by atoms with Gasteiger partial charge in [-0.2, -0.15) is 0 Å². The van der Waals surface area contributed by atoms with Gasteiger partial charge in [0.25, 0.3) is 0 Å². The predicted molar refractivity (Wildman–Crippen MR) is 94.4 cm³/mol. The van der Waals surface area contributed by atoms with E-state index in [9.17, 15) is 14.4 Å². The fourth-order valence-electron chi connectivity index (χ4n) is 2.64. The van der Waals surface area contributed by atoms with Gasteiger partial charge >= 0.3 is 11.9 Å². The number of primary amides is 1. The number of amides is 1. The minimum atomic E-state index is -0.550. The molecule has 26 heavy (non-hydrogen) atoms. The van der Waals surface area contributed by atoms with Crippen LogP contribution in [0.25, 0.3) is 0 Å². The van der Waals surface area contributed by atoms with E-state index in [1.165, 1.54) is 48.9 Å². The van der Waals surface area contributed by atoms with Crippen LogP contribution in [-0.4, -0.2) is 43.0 Å². The summed E-state index contributed by atoms with van der Waals surface area (Å²) in [5.41, 5.74) is 5.50. The highest BCUT2D eigenvalue weighted by atomic mass is 32.1. The normalized spacial score (nSPS) is 16.3. The number of thiazole rings is 1. The van der Waals surface area contributed by atoms with Gasteiger partial charge in [-0.15, -0.1) is 0 Å². The van der Waals surface area contributed by atoms with Gasteiger partial charge in [-0.3, -0.25) is 9.59 Å². The lowest BCUT2D eigenvalue weighted by Gasteiger charge is -2.13. The van der Waals surface area contributed by atoms with Gasteiger partial charge in [0.1, 0.15) is 10.6 Å². The van der Waals surface area contributed by atoms with Gasteiger partial charge in [-0.25, -0.2) is 9.78 Å². The van der Waals surface area contributed by atoms with Crippen LogP contribution in [0.1, 0.15) is 26.5 Å². The molecule has 0 radical (unpaired) electrons. The van der Waals surface area contributed by atoms with Crippen molar-refractivity contribution in [3.8, 4) is 5.75 Å². The van der Waals surface area contributed by atoms with E-state index in [4.69, 9.17) is 15.2 Å². The summed E-state index contributed by atoms with van der Waals surface area (Å²) in [6, 6.07) is 5.98. The molecule has 0 spiro atoms. The van der Waals surface area contributed by atoms with Crippen molar-refractivity contribution < 1.29 is 23.9 Å². The van der Waals surface area contributed by atoms with Crippen molar-refractivity contribution in [3.63, 3.8) is 0 Å². The largest absolute Gasteiger partial charge is 0.469 e. The number of rotatable bonds is 5. The van der Waals surface area contributed by atoms with E-state index in [-0.39, 0.29) is 11.9 Å². The van der Waals surface area contributed by atoms with Crippen molar-refractivity contribution in [3.05, 3.63) is 40.9 Å². The number of carbonyl (C=O) groups excluding carboxylic acids is 3. The third-order valence-corrected chi connectivity index (χ3v) is 5.08. The number of hydrogen-bond acceptors (Lipinski definition) is 8. The van der Waals surface area contributed by atoms with Crippen molar-refractivity contribution >= 4 is 34.3 Å². The van der Waals surface area contributed by atoms with Crippen LogP contribution >= 0.6 is 11.3 Å². The first-order valence-electron chi connectivity index (χ1n) is 7.88. The molecule has 1 unspecified atom stereocenters. The number of nitrogens with two attached hydrogens (primary N) is 1. The summed E-state index contributed by atoms with van der Waals surface area (Å²) in [5, 5.41) is 0.660. The Hall–Kier alpha value is -2.94. The van der Waals surface area contributed by atoms with Crippen molar-refractivity contribution in [2.45, 2.75) is 6.42 Å². The van der Waals surface area contributed by atoms with Gasteiger partial charge in [0.15, 0.2) is 5.13 Å². The second kappa shape index (κ2) is 7.52. The molecular formula is C17H17N3O5S. The van der Waals surface area contributed by atoms with E-state index in [1.807, 2.05) is 4.90 Å². The van der Waals surface area contributed by atoms with Gasteiger partial charge < -0.3 is 20.1 Å². The monoisotopic (exact) mass is 375 g/mol. The van der Waals surface area contributed by atoms with Crippen LogP contribution in [-0.2, 0) is 9.53 Å². The summed E-state index contributed by atoms with van der Waals surface area (Å²) >= 11 is 1.20. The van der Waals surface area contributed by atoms with Crippen LogP contribution in [0.5, 0.6) is 5.75 Å². The van der Waals surface area contributed by atoms with Crippen LogP contribution in [0, 0.1) is 5.92 Å². The SMILES string of the molecule is COC(=O)C1CCN(c2ncc(C(=O)Oc3ccc(C(N)=O)cc3)s2)C1. The number of carbonyl (C=O) groups is 3. The first-order valence-corrected chi connectivity index (χ1v) is 8.70. The zero-order chi connectivity index (χ0) is 18.7. The lowest BCUT2D eigenvalue weighted by molar-refractivity contribution is -0.144. The lowest BCUT2D eigenvalue weighted by atomic mass is 10.1. The average Bonchev–Trinajstić information content (AvgIpc) is 3.30. The third kappa shape index (κ3) is 3.83. The lowest BCUT2D eigenvalue weighted by Crippen LogP contribution is -2.23. The highest BCUT2D eigenvalue weighted by Crippen LogP contribution is 2.29. The molecule has 2 aromatic rings. The fourth-order valence-corrected chi connectivity index (χ4v) is 3.47. The maximum Gasteiger partial charge on any atom is 0.355 e. The summed E-state index contributed by atoms with van der Waals surface area (Å²) in [6.45, 7) is 1.19. The summed E-state index contributed by atoms with van der Waals surface area (Å²) in [4.78, 5) is 41.4. The molecule has 1 aliphatic heterocycles. The minimum Gasteiger partial charge on any atom is -0.469 e.